The SMILES string of the molecule is CN1C2CC(=O)C[C@H]1c1c(Br)cccc1C2. The summed E-state index contributed by atoms with van der Waals surface area (Å²) in [5.74, 6) is 0.412. The first kappa shape index (κ1) is 10.5. The van der Waals surface area contributed by atoms with Crippen LogP contribution in [0.5, 0.6) is 0 Å². The molecule has 1 saturated heterocycles. The highest BCUT2D eigenvalue weighted by molar-refractivity contribution is 9.10. The van der Waals surface area contributed by atoms with Crippen molar-refractivity contribution in [2.45, 2.75) is 31.3 Å². The van der Waals surface area contributed by atoms with E-state index < -0.39 is 0 Å². The molecule has 2 aliphatic rings. The van der Waals surface area contributed by atoms with Gasteiger partial charge in [0.05, 0.1) is 0 Å². The van der Waals surface area contributed by atoms with Crippen LogP contribution < -0.4 is 0 Å². The maximum atomic E-state index is 11.7. The van der Waals surface area contributed by atoms with Gasteiger partial charge >= 0.3 is 0 Å². The molecule has 2 heterocycles. The monoisotopic (exact) mass is 279 g/mol. The Balaban J connectivity index is 2.14. The molecular weight excluding hydrogens is 266 g/mol. The molecule has 0 saturated carbocycles. The number of Topliss-reactive ketones (excluding diaryl/α,β-unsaturated/α-hetero) is 1. The van der Waals surface area contributed by atoms with E-state index >= 15 is 0 Å². The van der Waals surface area contributed by atoms with Gasteiger partial charge in [-0.15, -0.1) is 0 Å². The number of hydrogen-bond donors (Lipinski definition) is 0. The summed E-state index contributed by atoms with van der Waals surface area (Å²) in [5.41, 5.74) is 2.74. The standard InChI is InChI=1S/C13H14BrNO/c1-15-9-5-8-3-2-4-11(14)13(8)12(15)7-10(16)6-9/h2-4,9,12H,5-7H2,1H3/t9?,12-/m0/s1. The lowest BCUT2D eigenvalue weighted by atomic mass is 9.80. The van der Waals surface area contributed by atoms with Crippen molar-refractivity contribution in [2.75, 3.05) is 7.05 Å². The fourth-order valence-corrected chi connectivity index (χ4v) is 3.68. The van der Waals surface area contributed by atoms with Crippen LogP contribution in [-0.2, 0) is 11.2 Å². The number of rotatable bonds is 0. The fraction of sp³-hybridized carbons (Fsp3) is 0.462. The number of benzene rings is 1. The fourth-order valence-electron chi connectivity index (χ4n) is 3.01. The van der Waals surface area contributed by atoms with E-state index in [0.29, 0.717) is 18.2 Å². The molecule has 84 valence electrons. The number of hydrogen-bond acceptors (Lipinski definition) is 2. The molecule has 0 aromatic heterocycles. The summed E-state index contributed by atoms with van der Waals surface area (Å²) in [7, 11) is 2.14. The second-order valence-corrected chi connectivity index (χ2v) is 5.65. The first-order chi connectivity index (χ1) is 7.66. The Morgan fingerprint density at radius 3 is 2.94 bits per heavy atom. The van der Waals surface area contributed by atoms with Crippen LogP contribution in [0.15, 0.2) is 22.7 Å². The molecule has 2 bridgehead atoms. The molecule has 0 radical (unpaired) electrons. The van der Waals surface area contributed by atoms with Crippen LogP contribution in [-0.4, -0.2) is 23.8 Å². The lowest BCUT2D eigenvalue weighted by molar-refractivity contribution is -0.125. The summed E-state index contributed by atoms with van der Waals surface area (Å²) in [5, 5.41) is 0. The minimum absolute atomic E-state index is 0.283. The number of piperidine rings is 1. The van der Waals surface area contributed by atoms with E-state index in [1.807, 2.05) is 0 Å². The first-order valence-corrected chi connectivity index (χ1v) is 6.47. The predicted molar refractivity (Wildman–Crippen MR) is 66.4 cm³/mol. The molecule has 1 fully saturated rings. The zero-order chi connectivity index (χ0) is 11.3. The van der Waals surface area contributed by atoms with E-state index in [4.69, 9.17) is 0 Å². The average Bonchev–Trinajstić information content (AvgIpc) is 2.21. The molecule has 2 aliphatic heterocycles. The van der Waals surface area contributed by atoms with Gasteiger partial charge in [-0.2, -0.15) is 0 Å². The quantitative estimate of drug-likeness (QED) is 0.728. The average molecular weight is 280 g/mol. The smallest absolute Gasteiger partial charge is 0.136 e. The molecule has 0 spiro atoms. The number of fused-ring (bicyclic) bond motifs is 4. The van der Waals surface area contributed by atoms with Crippen LogP contribution in [0.1, 0.15) is 30.0 Å². The number of carbonyl (C=O) groups is 1. The Bertz CT molecular complexity index is 457. The summed E-state index contributed by atoms with van der Waals surface area (Å²) in [6, 6.07) is 7.06. The molecule has 3 rings (SSSR count). The van der Waals surface area contributed by atoms with Crippen molar-refractivity contribution in [2.24, 2.45) is 0 Å². The van der Waals surface area contributed by atoms with E-state index in [0.717, 1.165) is 17.3 Å². The first-order valence-electron chi connectivity index (χ1n) is 5.67. The number of carbonyl (C=O) groups excluding carboxylic acids is 1. The Hall–Kier alpha value is -0.670. The largest absolute Gasteiger partial charge is 0.300 e. The van der Waals surface area contributed by atoms with Gasteiger partial charge in [0.25, 0.3) is 0 Å². The Labute approximate surface area is 104 Å². The minimum atomic E-state index is 0.283. The zero-order valence-electron chi connectivity index (χ0n) is 9.24. The van der Waals surface area contributed by atoms with Crippen LogP contribution in [0.3, 0.4) is 0 Å². The van der Waals surface area contributed by atoms with Gasteiger partial charge in [-0.05, 0) is 30.7 Å². The van der Waals surface area contributed by atoms with Crippen molar-refractivity contribution in [3.63, 3.8) is 0 Å². The summed E-state index contributed by atoms with van der Waals surface area (Å²) in [6.45, 7) is 0. The molecule has 2 atom stereocenters. The molecule has 3 heteroatoms. The summed E-state index contributed by atoms with van der Waals surface area (Å²) in [6.07, 6.45) is 2.40. The van der Waals surface area contributed by atoms with Crippen LogP contribution in [0.2, 0.25) is 0 Å². The van der Waals surface area contributed by atoms with E-state index in [1.165, 1.54) is 11.1 Å². The number of ketones is 1. The maximum absolute atomic E-state index is 11.7. The van der Waals surface area contributed by atoms with Gasteiger partial charge in [0, 0.05) is 29.4 Å². The summed E-state index contributed by atoms with van der Waals surface area (Å²) < 4.78 is 1.15. The Morgan fingerprint density at radius 1 is 1.31 bits per heavy atom. The molecule has 16 heavy (non-hydrogen) atoms. The Morgan fingerprint density at radius 2 is 2.12 bits per heavy atom. The van der Waals surface area contributed by atoms with E-state index in [-0.39, 0.29) is 6.04 Å². The third-order valence-corrected chi connectivity index (χ3v) is 4.58. The molecule has 1 unspecified atom stereocenters. The van der Waals surface area contributed by atoms with E-state index in [9.17, 15) is 4.79 Å². The van der Waals surface area contributed by atoms with Gasteiger partial charge in [-0.1, -0.05) is 28.1 Å². The summed E-state index contributed by atoms with van der Waals surface area (Å²) >= 11 is 3.62. The van der Waals surface area contributed by atoms with Gasteiger partial charge in [0.2, 0.25) is 0 Å². The number of nitrogens with zero attached hydrogens (tertiary/aromatic N) is 1. The summed E-state index contributed by atoms with van der Waals surface area (Å²) in [4.78, 5) is 14.1. The van der Waals surface area contributed by atoms with Crippen molar-refractivity contribution in [1.82, 2.24) is 4.90 Å². The molecule has 0 amide bonds. The highest BCUT2D eigenvalue weighted by Crippen LogP contribution is 2.42. The van der Waals surface area contributed by atoms with Crippen molar-refractivity contribution >= 4 is 21.7 Å². The van der Waals surface area contributed by atoms with Gasteiger partial charge in [0.1, 0.15) is 5.78 Å². The van der Waals surface area contributed by atoms with Gasteiger partial charge in [-0.3, -0.25) is 9.69 Å². The van der Waals surface area contributed by atoms with Crippen LogP contribution in [0.4, 0.5) is 0 Å². The molecular formula is C13H14BrNO. The third-order valence-electron chi connectivity index (χ3n) is 3.88. The normalized spacial score (nSPS) is 29.0. The van der Waals surface area contributed by atoms with Crippen molar-refractivity contribution in [1.29, 1.82) is 0 Å². The van der Waals surface area contributed by atoms with Crippen molar-refractivity contribution < 1.29 is 4.79 Å². The van der Waals surface area contributed by atoms with Gasteiger partial charge < -0.3 is 0 Å². The van der Waals surface area contributed by atoms with Crippen molar-refractivity contribution in [3.05, 3.63) is 33.8 Å². The number of likely N-dealkylation sites (N-methyl/N-ethyl adjacent to an activating group) is 1. The molecule has 2 nitrogen and oxygen atoms in total. The molecule has 0 aliphatic carbocycles. The number of halogens is 1. The highest BCUT2D eigenvalue weighted by Gasteiger charge is 2.39. The lowest BCUT2D eigenvalue weighted by Gasteiger charge is -2.44. The minimum Gasteiger partial charge on any atom is -0.300 e. The molecule has 0 N–H and O–H groups in total. The zero-order valence-corrected chi connectivity index (χ0v) is 10.8. The third kappa shape index (κ3) is 1.45. The highest BCUT2D eigenvalue weighted by atomic mass is 79.9. The maximum Gasteiger partial charge on any atom is 0.136 e. The van der Waals surface area contributed by atoms with Crippen molar-refractivity contribution in [3.8, 4) is 0 Å². The second kappa shape index (κ2) is 3.67. The van der Waals surface area contributed by atoms with Gasteiger partial charge in [-0.25, -0.2) is 0 Å². The van der Waals surface area contributed by atoms with E-state index in [2.05, 4.69) is 46.1 Å². The van der Waals surface area contributed by atoms with Crippen LogP contribution >= 0.6 is 15.9 Å². The van der Waals surface area contributed by atoms with E-state index in [1.54, 1.807) is 0 Å². The predicted octanol–water partition coefficient (Wildman–Crippen LogP) is 2.71. The van der Waals surface area contributed by atoms with Gasteiger partial charge in [0.15, 0.2) is 0 Å². The topological polar surface area (TPSA) is 20.3 Å². The Kier molecular flexibility index (Phi) is 2.41. The lowest BCUT2D eigenvalue weighted by Crippen LogP contribution is -2.47. The van der Waals surface area contributed by atoms with Crippen LogP contribution in [0, 0.1) is 0 Å². The van der Waals surface area contributed by atoms with Crippen LogP contribution in [0.25, 0.3) is 0 Å². The second-order valence-electron chi connectivity index (χ2n) is 4.80. The molecule has 1 aromatic rings. The molecule has 1 aromatic carbocycles.